The first-order valence-electron chi connectivity index (χ1n) is 8.88. The molecule has 8 heteroatoms. The van der Waals surface area contributed by atoms with Gasteiger partial charge in [-0.25, -0.2) is 4.79 Å². The molecule has 0 saturated carbocycles. The van der Waals surface area contributed by atoms with Crippen LogP contribution < -0.4 is 5.32 Å². The average molecular weight is 412 g/mol. The smallest absolute Gasteiger partial charge is 0.408 e. The van der Waals surface area contributed by atoms with Crippen LogP contribution >= 0.6 is 23.4 Å². The number of carbonyl (C=O) groups excluding carboxylic acids is 1. The molecule has 2 aromatic rings. The number of nitrogens with zero attached hydrogens (tertiary/aromatic N) is 2. The fraction of sp³-hybridized carbons (Fsp3) is 0.526. The Morgan fingerprint density at radius 3 is 2.67 bits per heavy atom. The van der Waals surface area contributed by atoms with E-state index in [0.717, 1.165) is 12.0 Å². The van der Waals surface area contributed by atoms with Gasteiger partial charge < -0.3 is 14.5 Å². The van der Waals surface area contributed by atoms with E-state index in [2.05, 4.69) is 15.5 Å². The summed E-state index contributed by atoms with van der Waals surface area (Å²) in [6, 6.07) is 7.22. The number of hydrogen-bond acceptors (Lipinski definition) is 6. The van der Waals surface area contributed by atoms with Crippen LogP contribution in [0.1, 0.15) is 58.5 Å². The molecule has 1 aromatic heterocycles. The number of ether oxygens (including phenoxy) is 1. The van der Waals surface area contributed by atoms with Gasteiger partial charge in [-0.15, -0.1) is 10.2 Å². The second kappa shape index (κ2) is 9.46. The number of hydrogen-bond donors (Lipinski definition) is 1. The fourth-order valence-corrected chi connectivity index (χ4v) is 3.33. The standard InChI is InChI=1S/C19H26ClN3O3S/c1-6-12(2)15(21-17(24)26-19(3,4)5)16-22-23-18(25-16)27-11-13-9-7-8-10-14(13)20/h7-10,12,15H,6,11H2,1-5H3,(H,21,24)/t12?,15-/m0/s1. The number of thioether (sulfide) groups is 1. The summed E-state index contributed by atoms with van der Waals surface area (Å²) in [7, 11) is 0. The van der Waals surface area contributed by atoms with E-state index in [4.69, 9.17) is 20.8 Å². The molecule has 1 N–H and O–H groups in total. The summed E-state index contributed by atoms with van der Waals surface area (Å²) in [6.07, 6.45) is 0.335. The van der Waals surface area contributed by atoms with Crippen LogP contribution in [-0.4, -0.2) is 21.9 Å². The van der Waals surface area contributed by atoms with Crippen molar-refractivity contribution in [2.24, 2.45) is 5.92 Å². The molecule has 0 spiro atoms. The molecule has 0 bridgehead atoms. The van der Waals surface area contributed by atoms with Crippen molar-refractivity contribution in [2.45, 2.75) is 63.7 Å². The normalized spacial score (nSPS) is 13.9. The van der Waals surface area contributed by atoms with Gasteiger partial charge in [-0.3, -0.25) is 0 Å². The van der Waals surface area contributed by atoms with Crippen LogP contribution in [0.4, 0.5) is 4.79 Å². The van der Waals surface area contributed by atoms with Crippen molar-refractivity contribution in [2.75, 3.05) is 0 Å². The van der Waals surface area contributed by atoms with Crippen LogP contribution in [0.15, 0.2) is 33.9 Å². The van der Waals surface area contributed by atoms with E-state index in [9.17, 15) is 4.79 Å². The van der Waals surface area contributed by atoms with Gasteiger partial charge in [0.25, 0.3) is 5.22 Å². The molecule has 1 aromatic carbocycles. The van der Waals surface area contributed by atoms with Crippen LogP contribution in [0.5, 0.6) is 0 Å². The van der Waals surface area contributed by atoms with Crippen LogP contribution in [0.3, 0.4) is 0 Å². The van der Waals surface area contributed by atoms with Gasteiger partial charge in [0.1, 0.15) is 11.6 Å². The average Bonchev–Trinajstić information content (AvgIpc) is 3.05. The molecule has 0 aliphatic carbocycles. The highest BCUT2D eigenvalue weighted by atomic mass is 35.5. The molecule has 0 aliphatic rings. The minimum atomic E-state index is -0.575. The molecule has 0 saturated heterocycles. The molecule has 0 radical (unpaired) electrons. The quantitative estimate of drug-likeness (QED) is 0.595. The van der Waals surface area contributed by atoms with Gasteiger partial charge in [-0.2, -0.15) is 0 Å². The van der Waals surface area contributed by atoms with Gasteiger partial charge in [-0.05, 0) is 38.3 Å². The number of amides is 1. The van der Waals surface area contributed by atoms with E-state index in [1.165, 1.54) is 11.8 Å². The molecule has 0 aliphatic heterocycles. The first-order valence-corrected chi connectivity index (χ1v) is 10.2. The lowest BCUT2D eigenvalue weighted by Gasteiger charge is -2.24. The first kappa shape index (κ1) is 21.6. The third-order valence-electron chi connectivity index (χ3n) is 3.88. The van der Waals surface area contributed by atoms with Gasteiger partial charge in [0.2, 0.25) is 5.89 Å². The van der Waals surface area contributed by atoms with Crippen LogP contribution in [0.25, 0.3) is 0 Å². The maximum absolute atomic E-state index is 12.2. The van der Waals surface area contributed by atoms with Gasteiger partial charge in [-0.1, -0.05) is 61.8 Å². The zero-order chi connectivity index (χ0) is 20.0. The number of nitrogens with one attached hydrogen (secondary N) is 1. The second-order valence-corrected chi connectivity index (χ2v) is 8.63. The second-order valence-electron chi connectivity index (χ2n) is 7.30. The molecule has 148 valence electrons. The summed E-state index contributed by atoms with van der Waals surface area (Å²) in [5.74, 6) is 1.10. The summed E-state index contributed by atoms with van der Waals surface area (Å²) in [4.78, 5) is 12.2. The number of halogens is 1. The Morgan fingerprint density at radius 1 is 1.33 bits per heavy atom. The molecule has 2 atom stereocenters. The molecule has 27 heavy (non-hydrogen) atoms. The summed E-state index contributed by atoms with van der Waals surface area (Å²) >= 11 is 7.58. The van der Waals surface area contributed by atoms with Crippen molar-refractivity contribution in [3.05, 3.63) is 40.7 Å². The molecule has 1 heterocycles. The highest BCUT2D eigenvalue weighted by molar-refractivity contribution is 7.98. The highest BCUT2D eigenvalue weighted by Gasteiger charge is 2.28. The van der Waals surface area contributed by atoms with Crippen molar-refractivity contribution in [1.29, 1.82) is 0 Å². The van der Waals surface area contributed by atoms with E-state index >= 15 is 0 Å². The highest BCUT2D eigenvalue weighted by Crippen LogP contribution is 2.29. The Hall–Kier alpha value is -1.73. The number of aromatic nitrogens is 2. The summed E-state index contributed by atoms with van der Waals surface area (Å²) in [6.45, 7) is 9.52. The molecule has 0 fully saturated rings. The summed E-state index contributed by atoms with van der Waals surface area (Å²) in [5, 5.41) is 12.2. The van der Waals surface area contributed by atoms with Crippen molar-refractivity contribution < 1.29 is 13.9 Å². The van der Waals surface area contributed by atoms with Crippen molar-refractivity contribution in [3.63, 3.8) is 0 Å². The lowest BCUT2D eigenvalue weighted by atomic mass is 9.99. The van der Waals surface area contributed by atoms with Crippen molar-refractivity contribution in [3.8, 4) is 0 Å². The molecule has 1 amide bonds. The number of benzene rings is 1. The van der Waals surface area contributed by atoms with E-state index in [1.54, 1.807) is 0 Å². The monoisotopic (exact) mass is 411 g/mol. The number of carbonyl (C=O) groups is 1. The minimum absolute atomic E-state index is 0.111. The predicted octanol–water partition coefficient (Wildman–Crippen LogP) is 5.63. The predicted molar refractivity (Wildman–Crippen MR) is 107 cm³/mol. The molecule has 6 nitrogen and oxygen atoms in total. The Bertz CT molecular complexity index is 761. The van der Waals surface area contributed by atoms with Crippen LogP contribution in [-0.2, 0) is 10.5 Å². The first-order chi connectivity index (χ1) is 12.7. The molecule has 2 rings (SSSR count). The lowest BCUT2D eigenvalue weighted by Crippen LogP contribution is -2.37. The van der Waals surface area contributed by atoms with Crippen LogP contribution in [0, 0.1) is 5.92 Å². The van der Waals surface area contributed by atoms with Gasteiger partial charge in [0, 0.05) is 10.8 Å². The zero-order valence-corrected chi connectivity index (χ0v) is 17.9. The largest absolute Gasteiger partial charge is 0.444 e. The SMILES string of the molecule is CCC(C)[C@H](NC(=O)OC(C)(C)C)c1nnc(SCc2ccccc2Cl)o1. The van der Waals surface area contributed by atoms with Gasteiger partial charge in [0.15, 0.2) is 0 Å². The molecule has 1 unspecified atom stereocenters. The number of rotatable bonds is 7. The van der Waals surface area contributed by atoms with Crippen molar-refractivity contribution >= 4 is 29.5 Å². The van der Waals surface area contributed by atoms with E-state index in [0.29, 0.717) is 21.9 Å². The Balaban J connectivity index is 2.06. The fourth-order valence-electron chi connectivity index (χ4n) is 2.28. The minimum Gasteiger partial charge on any atom is -0.444 e. The van der Waals surface area contributed by atoms with E-state index in [1.807, 2.05) is 58.9 Å². The third-order valence-corrected chi connectivity index (χ3v) is 5.12. The Morgan fingerprint density at radius 2 is 2.04 bits per heavy atom. The van der Waals surface area contributed by atoms with Crippen LogP contribution in [0.2, 0.25) is 5.02 Å². The topological polar surface area (TPSA) is 77.2 Å². The van der Waals surface area contributed by atoms with E-state index in [-0.39, 0.29) is 5.92 Å². The van der Waals surface area contributed by atoms with Gasteiger partial charge >= 0.3 is 6.09 Å². The van der Waals surface area contributed by atoms with Crippen molar-refractivity contribution in [1.82, 2.24) is 15.5 Å². The molecular weight excluding hydrogens is 386 g/mol. The summed E-state index contributed by atoms with van der Waals surface area (Å²) < 4.78 is 11.1. The molecular formula is C19H26ClN3O3S. The lowest BCUT2D eigenvalue weighted by molar-refractivity contribution is 0.0474. The van der Waals surface area contributed by atoms with E-state index < -0.39 is 17.7 Å². The Labute approximate surface area is 169 Å². The van der Waals surface area contributed by atoms with Gasteiger partial charge in [0.05, 0.1) is 0 Å². The zero-order valence-electron chi connectivity index (χ0n) is 16.3. The maximum atomic E-state index is 12.2. The third kappa shape index (κ3) is 6.74. The number of alkyl carbamates (subject to hydrolysis) is 1. The maximum Gasteiger partial charge on any atom is 0.408 e. The summed E-state index contributed by atoms with van der Waals surface area (Å²) in [5.41, 5.74) is 0.420. The Kier molecular flexibility index (Phi) is 7.56.